The molecule has 0 aliphatic carbocycles. The number of thiocarbonyl (C=S) groups is 2. The molecule has 2 saturated heterocycles. The molecule has 0 radical (unpaired) electrons. The van der Waals surface area contributed by atoms with Gasteiger partial charge in [-0.25, -0.2) is 0 Å². The van der Waals surface area contributed by atoms with Gasteiger partial charge in [0.25, 0.3) is 11.8 Å². The van der Waals surface area contributed by atoms with Crippen LogP contribution in [-0.4, -0.2) is 20.5 Å². The molecule has 10 rings (SSSR count). The maximum atomic E-state index is 13.4. The Labute approximate surface area is 411 Å². The van der Waals surface area contributed by atoms with Crippen LogP contribution in [0.15, 0.2) is 204 Å². The lowest BCUT2D eigenvalue weighted by atomic mass is 10.1. The fraction of sp³-hybridized carbons (Fsp3) is 0.0370. The minimum Gasteiger partial charge on any atom is -0.302 e. The van der Waals surface area contributed by atoms with Crippen molar-refractivity contribution in [1.29, 1.82) is 0 Å². The minimum absolute atomic E-state index is 0.106. The summed E-state index contributed by atoms with van der Waals surface area (Å²) >= 11 is 17.5. The first-order valence-electron chi connectivity index (χ1n) is 21.1. The van der Waals surface area contributed by atoms with Crippen LogP contribution in [0.1, 0.15) is 20.9 Å². The first kappa shape index (κ1) is 43.5. The van der Waals surface area contributed by atoms with Gasteiger partial charge in [0, 0.05) is 32.5 Å². The molecule has 4 heterocycles. The van der Waals surface area contributed by atoms with Crippen LogP contribution in [0.4, 0.5) is 44.1 Å². The van der Waals surface area contributed by atoms with Gasteiger partial charge in [-0.05, 0) is 133 Å². The van der Waals surface area contributed by atoms with E-state index in [1.807, 2.05) is 84.9 Å². The predicted molar refractivity (Wildman–Crippen MR) is 290 cm³/mol. The van der Waals surface area contributed by atoms with Gasteiger partial charge >= 0.3 is 0 Å². The summed E-state index contributed by atoms with van der Waals surface area (Å²) in [5.74, 6) is -0.213. The van der Waals surface area contributed by atoms with Gasteiger partial charge in [0.1, 0.15) is 10.0 Å². The van der Waals surface area contributed by atoms with Crippen molar-refractivity contribution in [2.24, 2.45) is 0 Å². The number of rotatable bonds is 13. The molecule has 0 saturated carbocycles. The van der Waals surface area contributed by atoms with Crippen LogP contribution in [-0.2, 0) is 22.4 Å². The third kappa shape index (κ3) is 9.34. The van der Waals surface area contributed by atoms with E-state index in [-0.39, 0.29) is 11.8 Å². The Morgan fingerprint density at radius 3 is 1.11 bits per heavy atom. The van der Waals surface area contributed by atoms with E-state index in [2.05, 4.69) is 131 Å². The highest BCUT2D eigenvalue weighted by molar-refractivity contribution is 8.27. The van der Waals surface area contributed by atoms with Crippen molar-refractivity contribution in [3.63, 3.8) is 0 Å². The smallest absolute Gasteiger partial charge is 0.270 e. The second-order valence-electron chi connectivity index (χ2n) is 15.2. The number of thiophene rings is 2. The standard InChI is InChI=1S/C54H38N4O2S6/c59-51-47(65-53(61)57(51)41-17-9-3-10-18-41)35-37-21-25-43(26-22-37)55(39-13-5-1-6-14-39)49-33-31-45(63-49)29-30-46-32-34-50(64-46)56(40-15-7-2-8-16-40)44-27-23-38(24-28-44)36-48-52(60)58(54(62)66-48)42-19-11-4-12-20-42/h1-28,31-36H,29-30H2/b47-35-,48-36-. The lowest BCUT2D eigenvalue weighted by Crippen LogP contribution is -2.27. The van der Waals surface area contributed by atoms with Crippen molar-refractivity contribution < 1.29 is 9.59 Å². The second-order valence-corrected chi connectivity index (χ2v) is 20.9. The number of para-hydroxylation sites is 4. The molecular formula is C54H38N4O2S6. The van der Waals surface area contributed by atoms with E-state index in [0.717, 1.165) is 68.1 Å². The Hall–Kier alpha value is -6.38. The van der Waals surface area contributed by atoms with Gasteiger partial charge in [0.2, 0.25) is 0 Å². The van der Waals surface area contributed by atoms with Crippen molar-refractivity contribution in [2.75, 3.05) is 19.6 Å². The molecule has 0 bridgehead atoms. The van der Waals surface area contributed by atoms with Crippen LogP contribution in [0.2, 0.25) is 0 Å². The van der Waals surface area contributed by atoms with Gasteiger partial charge in [0.05, 0.1) is 21.2 Å². The second kappa shape index (κ2) is 19.6. The van der Waals surface area contributed by atoms with Crippen molar-refractivity contribution in [3.05, 3.63) is 225 Å². The minimum atomic E-state index is -0.106. The summed E-state index contributed by atoms with van der Waals surface area (Å²) < 4.78 is 1.06. The number of carbonyl (C=O) groups excluding carboxylic acids is 2. The molecule has 6 aromatic carbocycles. The zero-order valence-corrected chi connectivity index (χ0v) is 40.0. The molecule has 12 heteroatoms. The van der Waals surface area contributed by atoms with Crippen molar-refractivity contribution in [3.8, 4) is 0 Å². The van der Waals surface area contributed by atoms with Crippen LogP contribution in [0.25, 0.3) is 12.2 Å². The van der Waals surface area contributed by atoms with Gasteiger partial charge in [0.15, 0.2) is 8.64 Å². The molecule has 8 aromatic rings. The molecule has 2 amide bonds. The molecule has 6 nitrogen and oxygen atoms in total. The van der Waals surface area contributed by atoms with Crippen molar-refractivity contribution in [2.45, 2.75) is 12.8 Å². The van der Waals surface area contributed by atoms with Gasteiger partial charge in [-0.15, -0.1) is 22.7 Å². The molecule has 0 unspecified atom stereocenters. The molecular weight excluding hydrogens is 929 g/mol. The molecule has 66 heavy (non-hydrogen) atoms. The van der Waals surface area contributed by atoms with Crippen LogP contribution in [0, 0.1) is 0 Å². The third-order valence-corrected chi connectivity index (χ3v) is 15.8. The molecule has 322 valence electrons. The molecule has 2 aromatic heterocycles. The van der Waals surface area contributed by atoms with E-state index in [9.17, 15) is 9.59 Å². The highest BCUT2D eigenvalue weighted by atomic mass is 32.2. The number of carbonyl (C=O) groups is 2. The fourth-order valence-electron chi connectivity index (χ4n) is 7.73. The summed E-state index contributed by atoms with van der Waals surface area (Å²) in [6.45, 7) is 0. The number of aryl methyl sites for hydroxylation is 2. The Morgan fingerprint density at radius 1 is 0.409 bits per heavy atom. The lowest BCUT2D eigenvalue weighted by molar-refractivity contribution is -0.114. The maximum absolute atomic E-state index is 13.4. The van der Waals surface area contributed by atoms with E-state index < -0.39 is 0 Å². The topological polar surface area (TPSA) is 47.1 Å². The van der Waals surface area contributed by atoms with E-state index in [1.54, 1.807) is 32.5 Å². The molecule has 2 aliphatic heterocycles. The summed E-state index contributed by atoms with van der Waals surface area (Å²) in [4.78, 5) is 38.4. The number of benzene rings is 6. The molecule has 2 fully saturated rings. The largest absolute Gasteiger partial charge is 0.302 e. The monoisotopic (exact) mass is 966 g/mol. The van der Waals surface area contributed by atoms with Gasteiger partial charge < -0.3 is 9.80 Å². The van der Waals surface area contributed by atoms with Gasteiger partial charge in [-0.1, -0.05) is 145 Å². The highest BCUT2D eigenvalue weighted by Crippen LogP contribution is 2.43. The first-order valence-corrected chi connectivity index (χ1v) is 25.2. The summed E-state index contributed by atoms with van der Waals surface area (Å²) in [7, 11) is 0. The van der Waals surface area contributed by atoms with Crippen LogP contribution in [0.3, 0.4) is 0 Å². The Bertz CT molecular complexity index is 2900. The first-order chi connectivity index (χ1) is 32.4. The van der Waals surface area contributed by atoms with Gasteiger partial charge in [-0.2, -0.15) is 0 Å². The van der Waals surface area contributed by atoms with E-state index in [1.165, 1.54) is 33.3 Å². The van der Waals surface area contributed by atoms with Crippen molar-refractivity contribution >= 4 is 147 Å². The summed E-state index contributed by atoms with van der Waals surface area (Å²) in [6, 6.07) is 65.5. The lowest BCUT2D eigenvalue weighted by Gasteiger charge is -2.23. The quantitative estimate of drug-likeness (QED) is 0.0837. The average molecular weight is 967 g/mol. The fourth-order valence-corrected chi connectivity index (χ4v) is 12.4. The average Bonchev–Trinajstić information content (AvgIpc) is 4.14. The summed E-state index contributed by atoms with van der Waals surface area (Å²) in [6.07, 6.45) is 5.65. The van der Waals surface area contributed by atoms with Crippen molar-refractivity contribution in [1.82, 2.24) is 0 Å². The number of hydrogen-bond acceptors (Lipinski definition) is 10. The predicted octanol–water partition coefficient (Wildman–Crippen LogP) is 15.3. The Morgan fingerprint density at radius 2 is 0.742 bits per heavy atom. The number of nitrogens with zero attached hydrogens (tertiary/aromatic N) is 4. The normalized spacial score (nSPS) is 15.1. The third-order valence-electron chi connectivity index (χ3n) is 10.9. The number of hydrogen-bond donors (Lipinski definition) is 0. The van der Waals surface area contributed by atoms with E-state index in [0.29, 0.717) is 18.5 Å². The van der Waals surface area contributed by atoms with Crippen LogP contribution < -0.4 is 19.6 Å². The zero-order chi connectivity index (χ0) is 45.0. The number of thioether (sulfide) groups is 2. The van der Waals surface area contributed by atoms with E-state index >= 15 is 0 Å². The zero-order valence-electron chi connectivity index (χ0n) is 35.1. The van der Waals surface area contributed by atoms with Crippen LogP contribution in [0.5, 0.6) is 0 Å². The SMILES string of the molecule is O=C1/C(=C/c2ccc(N(c3ccccc3)c3ccc(CCc4ccc(N(c5ccccc5)c5ccc(/C=C6\SC(=S)N(c7ccccc7)C6=O)cc5)s4)s3)cc2)SC(=S)N1c1ccccc1. The Balaban J connectivity index is 0.840. The number of anilines is 8. The molecule has 2 aliphatic rings. The molecule has 0 spiro atoms. The van der Waals surface area contributed by atoms with E-state index in [4.69, 9.17) is 24.4 Å². The Kier molecular flexibility index (Phi) is 12.9. The molecule has 0 atom stereocenters. The maximum Gasteiger partial charge on any atom is 0.270 e. The molecule has 0 N–H and O–H groups in total. The summed E-state index contributed by atoms with van der Waals surface area (Å²) in [5, 5.41) is 2.25. The summed E-state index contributed by atoms with van der Waals surface area (Å²) in [5.41, 5.74) is 7.61. The number of amides is 2. The van der Waals surface area contributed by atoms with Gasteiger partial charge in [-0.3, -0.25) is 19.4 Å². The van der Waals surface area contributed by atoms with Crippen LogP contribution >= 0.6 is 70.6 Å². The highest BCUT2D eigenvalue weighted by Gasteiger charge is 2.34.